The normalized spacial score (nSPS) is 10.8. The van der Waals surface area contributed by atoms with Crippen molar-refractivity contribution in [2.24, 2.45) is 0 Å². The highest BCUT2D eigenvalue weighted by Gasteiger charge is 2.18. The number of hydrogen-bond donors (Lipinski definition) is 2. The highest BCUT2D eigenvalue weighted by atomic mass is 16.5. The largest absolute Gasteiger partial charge is 0.481 e. The molecule has 3 heterocycles. The van der Waals surface area contributed by atoms with Crippen LogP contribution in [0.1, 0.15) is 22.9 Å². The van der Waals surface area contributed by atoms with Gasteiger partial charge < -0.3 is 14.7 Å². The number of H-pyrrole nitrogens is 2. The molecule has 3 aromatic rings. The molecule has 0 saturated heterocycles. The van der Waals surface area contributed by atoms with Gasteiger partial charge in [-0.2, -0.15) is 0 Å². The molecular formula is C15H15N3O. The number of nitrogens with zero attached hydrogens (tertiary/aromatic N) is 1. The smallest absolute Gasteiger partial charge is 0.213 e. The van der Waals surface area contributed by atoms with E-state index >= 15 is 0 Å². The Labute approximate surface area is 111 Å². The Morgan fingerprint density at radius 3 is 2.26 bits per heavy atom. The van der Waals surface area contributed by atoms with E-state index in [4.69, 9.17) is 4.74 Å². The number of aromatic nitrogens is 3. The summed E-state index contributed by atoms with van der Waals surface area (Å²) < 4.78 is 5.21. The Kier molecular flexibility index (Phi) is 3.06. The summed E-state index contributed by atoms with van der Waals surface area (Å²) >= 11 is 0. The first-order chi connectivity index (χ1) is 9.38. The zero-order valence-corrected chi connectivity index (χ0v) is 10.6. The summed E-state index contributed by atoms with van der Waals surface area (Å²) in [6.07, 6.45) is 5.64. The van der Waals surface area contributed by atoms with Crippen molar-refractivity contribution in [1.29, 1.82) is 0 Å². The van der Waals surface area contributed by atoms with Gasteiger partial charge in [0.2, 0.25) is 5.88 Å². The fourth-order valence-electron chi connectivity index (χ4n) is 2.29. The number of nitrogens with one attached hydrogen (secondary N) is 2. The van der Waals surface area contributed by atoms with Gasteiger partial charge in [0.05, 0.1) is 13.0 Å². The predicted octanol–water partition coefficient (Wildman–Crippen LogP) is 2.93. The van der Waals surface area contributed by atoms with Crippen LogP contribution < -0.4 is 4.74 Å². The van der Waals surface area contributed by atoms with Crippen molar-refractivity contribution in [3.05, 3.63) is 71.9 Å². The third kappa shape index (κ3) is 2.25. The molecule has 0 aromatic carbocycles. The SMILES string of the molecule is COc1cc(C(c2ccc[nH]2)c2ccc[nH]2)ccn1. The lowest BCUT2D eigenvalue weighted by Crippen LogP contribution is -2.05. The number of hydrogen-bond acceptors (Lipinski definition) is 2. The average molecular weight is 253 g/mol. The maximum absolute atomic E-state index is 5.21. The molecule has 0 unspecified atom stereocenters. The van der Waals surface area contributed by atoms with Crippen LogP contribution in [0, 0.1) is 0 Å². The van der Waals surface area contributed by atoms with Crippen molar-refractivity contribution in [2.75, 3.05) is 7.11 Å². The first-order valence-corrected chi connectivity index (χ1v) is 6.15. The quantitative estimate of drug-likeness (QED) is 0.751. The van der Waals surface area contributed by atoms with Crippen molar-refractivity contribution in [3.63, 3.8) is 0 Å². The van der Waals surface area contributed by atoms with Crippen LogP contribution >= 0.6 is 0 Å². The van der Waals surface area contributed by atoms with Gasteiger partial charge in [-0.25, -0.2) is 4.98 Å². The van der Waals surface area contributed by atoms with Gasteiger partial charge in [-0.3, -0.25) is 0 Å². The topological polar surface area (TPSA) is 53.7 Å². The molecule has 0 radical (unpaired) electrons. The number of pyridine rings is 1. The molecule has 0 atom stereocenters. The van der Waals surface area contributed by atoms with Crippen LogP contribution in [0.3, 0.4) is 0 Å². The van der Waals surface area contributed by atoms with Gasteiger partial charge >= 0.3 is 0 Å². The van der Waals surface area contributed by atoms with E-state index in [0.717, 1.165) is 17.0 Å². The van der Waals surface area contributed by atoms with Gasteiger partial charge in [0.15, 0.2) is 0 Å². The summed E-state index contributed by atoms with van der Waals surface area (Å²) in [6.45, 7) is 0. The van der Waals surface area contributed by atoms with Crippen molar-refractivity contribution in [3.8, 4) is 5.88 Å². The first-order valence-electron chi connectivity index (χ1n) is 6.15. The third-order valence-corrected chi connectivity index (χ3v) is 3.17. The summed E-state index contributed by atoms with van der Waals surface area (Å²) in [6, 6.07) is 12.1. The standard InChI is InChI=1S/C15H15N3O/c1-19-14-10-11(6-9-18-14)15(12-4-2-7-16-12)13-5-3-8-17-13/h2-10,15-17H,1H3. The molecule has 0 saturated carbocycles. The van der Waals surface area contributed by atoms with Gasteiger partial charge in [-0.15, -0.1) is 0 Å². The van der Waals surface area contributed by atoms with E-state index < -0.39 is 0 Å². The number of aromatic amines is 2. The molecular weight excluding hydrogens is 238 g/mol. The second-order valence-electron chi connectivity index (χ2n) is 4.32. The van der Waals surface area contributed by atoms with E-state index in [9.17, 15) is 0 Å². The van der Waals surface area contributed by atoms with Crippen LogP contribution in [0.4, 0.5) is 0 Å². The van der Waals surface area contributed by atoms with E-state index in [1.165, 1.54) is 0 Å². The third-order valence-electron chi connectivity index (χ3n) is 3.17. The minimum Gasteiger partial charge on any atom is -0.481 e. The molecule has 0 fully saturated rings. The Morgan fingerprint density at radius 2 is 1.74 bits per heavy atom. The summed E-state index contributed by atoms with van der Waals surface area (Å²) in [5, 5.41) is 0. The van der Waals surface area contributed by atoms with Gasteiger partial charge in [0, 0.05) is 36.0 Å². The van der Waals surface area contributed by atoms with Crippen LogP contribution in [-0.2, 0) is 0 Å². The van der Waals surface area contributed by atoms with E-state index in [1.807, 2.05) is 36.7 Å². The molecule has 0 aliphatic rings. The zero-order chi connectivity index (χ0) is 13.1. The second kappa shape index (κ2) is 5.02. The molecule has 96 valence electrons. The molecule has 4 nitrogen and oxygen atoms in total. The Morgan fingerprint density at radius 1 is 1.05 bits per heavy atom. The molecule has 4 heteroatoms. The van der Waals surface area contributed by atoms with Crippen LogP contribution in [-0.4, -0.2) is 22.1 Å². The molecule has 2 N–H and O–H groups in total. The molecule has 0 amide bonds. The van der Waals surface area contributed by atoms with Crippen molar-refractivity contribution >= 4 is 0 Å². The minimum atomic E-state index is 0.127. The van der Waals surface area contributed by atoms with Crippen molar-refractivity contribution in [1.82, 2.24) is 15.0 Å². The fourth-order valence-corrected chi connectivity index (χ4v) is 2.29. The van der Waals surface area contributed by atoms with Gasteiger partial charge in [0.1, 0.15) is 0 Å². The molecule has 19 heavy (non-hydrogen) atoms. The average Bonchev–Trinajstić information content (AvgIpc) is 3.13. The molecule has 0 bridgehead atoms. The maximum Gasteiger partial charge on any atom is 0.213 e. The molecule has 3 aromatic heterocycles. The van der Waals surface area contributed by atoms with E-state index in [1.54, 1.807) is 13.3 Å². The summed E-state index contributed by atoms with van der Waals surface area (Å²) in [5.41, 5.74) is 3.41. The van der Waals surface area contributed by atoms with Gasteiger partial charge in [0.25, 0.3) is 0 Å². The van der Waals surface area contributed by atoms with Crippen LogP contribution in [0.15, 0.2) is 55.0 Å². The number of ether oxygens (including phenoxy) is 1. The van der Waals surface area contributed by atoms with Crippen LogP contribution in [0.25, 0.3) is 0 Å². The summed E-state index contributed by atoms with van der Waals surface area (Å²) in [4.78, 5) is 10.7. The Bertz CT molecular complexity index is 595. The highest BCUT2D eigenvalue weighted by Crippen LogP contribution is 2.30. The minimum absolute atomic E-state index is 0.127. The van der Waals surface area contributed by atoms with E-state index in [2.05, 4.69) is 27.1 Å². The van der Waals surface area contributed by atoms with E-state index in [-0.39, 0.29) is 5.92 Å². The number of rotatable bonds is 4. The monoisotopic (exact) mass is 253 g/mol. The molecule has 0 spiro atoms. The first kappa shape index (κ1) is 11.6. The Balaban J connectivity index is 2.09. The molecule has 3 rings (SSSR count). The molecule has 0 aliphatic heterocycles. The maximum atomic E-state index is 5.21. The summed E-state index contributed by atoms with van der Waals surface area (Å²) in [5.74, 6) is 0.752. The van der Waals surface area contributed by atoms with Gasteiger partial charge in [-0.05, 0) is 35.9 Å². The lowest BCUT2D eigenvalue weighted by molar-refractivity contribution is 0.397. The molecule has 0 aliphatic carbocycles. The van der Waals surface area contributed by atoms with Crippen LogP contribution in [0.5, 0.6) is 5.88 Å². The van der Waals surface area contributed by atoms with Crippen molar-refractivity contribution < 1.29 is 4.74 Å². The van der Waals surface area contributed by atoms with Crippen LogP contribution in [0.2, 0.25) is 0 Å². The zero-order valence-electron chi connectivity index (χ0n) is 10.6. The number of methoxy groups -OCH3 is 1. The predicted molar refractivity (Wildman–Crippen MR) is 73.3 cm³/mol. The fraction of sp³-hybridized carbons (Fsp3) is 0.133. The highest BCUT2D eigenvalue weighted by molar-refractivity contribution is 5.38. The lowest BCUT2D eigenvalue weighted by Gasteiger charge is -2.15. The second-order valence-corrected chi connectivity index (χ2v) is 4.32. The lowest BCUT2D eigenvalue weighted by atomic mass is 9.93. The van der Waals surface area contributed by atoms with Crippen molar-refractivity contribution in [2.45, 2.75) is 5.92 Å². The van der Waals surface area contributed by atoms with E-state index in [0.29, 0.717) is 5.88 Å². The summed E-state index contributed by atoms with van der Waals surface area (Å²) in [7, 11) is 1.63. The van der Waals surface area contributed by atoms with Gasteiger partial charge in [-0.1, -0.05) is 0 Å². The Hall–Kier alpha value is -2.49.